The molecule has 1 fully saturated rings. The average Bonchev–Trinajstić information content (AvgIpc) is 3.36. The minimum absolute atomic E-state index is 0.0716. The number of aromatic nitrogens is 2. The van der Waals surface area contributed by atoms with Crippen LogP contribution in [0.3, 0.4) is 0 Å². The van der Waals surface area contributed by atoms with Crippen molar-refractivity contribution in [1.29, 1.82) is 0 Å². The van der Waals surface area contributed by atoms with Gasteiger partial charge in [0.1, 0.15) is 0 Å². The smallest absolute Gasteiger partial charge is 0.338 e. The number of carbonyl (C=O) groups is 1. The monoisotopic (exact) mass is 423 g/mol. The number of esters is 1. The van der Waals surface area contributed by atoms with E-state index in [9.17, 15) is 13.2 Å². The predicted molar refractivity (Wildman–Crippen MR) is 103 cm³/mol. The number of hydrogen-bond acceptors (Lipinski definition) is 8. The molecule has 1 atom stereocenters. The molecule has 0 spiro atoms. The van der Waals surface area contributed by atoms with E-state index in [1.807, 2.05) is 13.8 Å². The lowest BCUT2D eigenvalue weighted by atomic mass is 10.1. The third kappa shape index (κ3) is 6.09. The van der Waals surface area contributed by atoms with Gasteiger partial charge in [0, 0.05) is 19.6 Å². The van der Waals surface area contributed by atoms with E-state index in [2.05, 4.69) is 14.9 Å². The van der Waals surface area contributed by atoms with Crippen LogP contribution in [0.1, 0.15) is 48.8 Å². The fourth-order valence-corrected chi connectivity index (χ4v) is 3.94. The van der Waals surface area contributed by atoms with E-state index < -0.39 is 16.0 Å². The van der Waals surface area contributed by atoms with Gasteiger partial charge in [-0.05, 0) is 43.0 Å². The molecule has 1 aromatic carbocycles. The summed E-state index contributed by atoms with van der Waals surface area (Å²) in [7, 11) is -3.67. The molecule has 1 aliphatic rings. The van der Waals surface area contributed by atoms with Crippen molar-refractivity contribution >= 4 is 16.0 Å². The largest absolute Gasteiger partial charge is 0.452 e. The van der Waals surface area contributed by atoms with Crippen LogP contribution in [0.4, 0.5) is 0 Å². The molecule has 29 heavy (non-hydrogen) atoms. The first kappa shape index (κ1) is 21.4. The van der Waals surface area contributed by atoms with Crippen LogP contribution in [-0.2, 0) is 32.5 Å². The van der Waals surface area contributed by atoms with Gasteiger partial charge >= 0.3 is 5.97 Å². The van der Waals surface area contributed by atoms with Crippen molar-refractivity contribution in [3.63, 3.8) is 0 Å². The van der Waals surface area contributed by atoms with Crippen LogP contribution in [0.15, 0.2) is 33.7 Å². The summed E-state index contributed by atoms with van der Waals surface area (Å²) >= 11 is 0. The Morgan fingerprint density at radius 1 is 1.31 bits per heavy atom. The molecule has 1 aliphatic heterocycles. The van der Waals surface area contributed by atoms with Crippen LogP contribution in [0.5, 0.6) is 0 Å². The molecule has 1 aromatic heterocycles. The summed E-state index contributed by atoms with van der Waals surface area (Å²) in [6.07, 6.45) is 2.36. The van der Waals surface area contributed by atoms with E-state index in [4.69, 9.17) is 14.0 Å². The standard InChI is InChI=1S/C19H25N3O6S/c1-13(2)10-17-21-18(28-22-17)12-27-19(23)14-5-7-16(8-6-14)29(24,25)20-11-15-4-3-9-26-15/h5-8,13,15,20H,3-4,9-12H2,1-2H3. The number of carbonyl (C=O) groups excluding carboxylic acids is 1. The molecule has 0 amide bonds. The number of benzene rings is 1. The minimum atomic E-state index is -3.67. The van der Waals surface area contributed by atoms with Crippen LogP contribution < -0.4 is 4.72 Å². The Kier molecular flexibility index (Phi) is 6.99. The lowest BCUT2D eigenvalue weighted by Gasteiger charge is -2.11. The molecule has 158 valence electrons. The molecular formula is C19H25N3O6S. The van der Waals surface area contributed by atoms with Gasteiger partial charge in [0.25, 0.3) is 5.89 Å². The van der Waals surface area contributed by atoms with E-state index in [-0.39, 0.29) is 35.6 Å². The zero-order chi connectivity index (χ0) is 20.9. The summed E-state index contributed by atoms with van der Waals surface area (Å²) in [5, 5.41) is 3.83. The Morgan fingerprint density at radius 3 is 2.72 bits per heavy atom. The Balaban J connectivity index is 1.53. The maximum atomic E-state index is 12.3. The van der Waals surface area contributed by atoms with E-state index in [1.165, 1.54) is 24.3 Å². The summed E-state index contributed by atoms with van der Waals surface area (Å²) in [6, 6.07) is 5.53. The quantitative estimate of drug-likeness (QED) is 0.609. The van der Waals surface area contributed by atoms with Crippen molar-refractivity contribution in [3.05, 3.63) is 41.5 Å². The van der Waals surface area contributed by atoms with Crippen LogP contribution >= 0.6 is 0 Å². The number of nitrogens with zero attached hydrogens (tertiary/aromatic N) is 2. The molecule has 10 heteroatoms. The second-order valence-electron chi connectivity index (χ2n) is 7.29. The second kappa shape index (κ2) is 9.47. The zero-order valence-corrected chi connectivity index (χ0v) is 17.3. The van der Waals surface area contributed by atoms with Crippen molar-refractivity contribution in [2.24, 2.45) is 5.92 Å². The van der Waals surface area contributed by atoms with Gasteiger partial charge in [-0.25, -0.2) is 17.9 Å². The molecule has 0 aliphatic carbocycles. The van der Waals surface area contributed by atoms with Gasteiger partial charge in [0.15, 0.2) is 12.4 Å². The number of ether oxygens (including phenoxy) is 2. The molecule has 1 saturated heterocycles. The SMILES string of the molecule is CC(C)Cc1noc(COC(=O)c2ccc(S(=O)(=O)NCC3CCCO3)cc2)n1. The summed E-state index contributed by atoms with van der Waals surface area (Å²) in [4.78, 5) is 16.4. The molecule has 3 rings (SSSR count). The first-order chi connectivity index (χ1) is 13.8. The van der Waals surface area contributed by atoms with Crippen LogP contribution in [0.2, 0.25) is 0 Å². The van der Waals surface area contributed by atoms with Gasteiger partial charge in [0.05, 0.1) is 16.6 Å². The summed E-state index contributed by atoms with van der Waals surface area (Å²) in [5.41, 5.74) is 0.227. The van der Waals surface area contributed by atoms with Crippen molar-refractivity contribution in [2.75, 3.05) is 13.2 Å². The third-order valence-corrected chi connectivity index (χ3v) is 5.79. The van der Waals surface area contributed by atoms with Crippen LogP contribution in [0, 0.1) is 5.92 Å². The molecule has 1 unspecified atom stereocenters. The van der Waals surface area contributed by atoms with Crippen molar-refractivity contribution < 1.29 is 27.2 Å². The lowest BCUT2D eigenvalue weighted by Crippen LogP contribution is -2.31. The first-order valence-electron chi connectivity index (χ1n) is 9.53. The van der Waals surface area contributed by atoms with Crippen LogP contribution in [-0.4, -0.2) is 43.8 Å². The van der Waals surface area contributed by atoms with E-state index in [0.29, 0.717) is 24.8 Å². The van der Waals surface area contributed by atoms with Crippen molar-refractivity contribution in [2.45, 2.75) is 50.7 Å². The van der Waals surface area contributed by atoms with E-state index >= 15 is 0 Å². The number of rotatable bonds is 9. The van der Waals surface area contributed by atoms with E-state index in [0.717, 1.165) is 12.8 Å². The summed E-state index contributed by atoms with van der Waals surface area (Å²) < 4.78 is 42.8. The fourth-order valence-electron chi connectivity index (χ4n) is 2.87. The normalized spacial score (nSPS) is 17.0. The van der Waals surface area contributed by atoms with Crippen LogP contribution in [0.25, 0.3) is 0 Å². The molecule has 2 aromatic rings. The zero-order valence-electron chi connectivity index (χ0n) is 16.5. The summed E-state index contributed by atoms with van der Waals surface area (Å²) in [6.45, 7) is 4.82. The van der Waals surface area contributed by atoms with Gasteiger partial charge in [-0.3, -0.25) is 0 Å². The molecule has 0 saturated carbocycles. The lowest BCUT2D eigenvalue weighted by molar-refractivity contribution is 0.0429. The molecule has 2 heterocycles. The first-order valence-corrected chi connectivity index (χ1v) is 11.0. The number of sulfonamides is 1. The molecule has 1 N–H and O–H groups in total. The third-order valence-electron chi connectivity index (χ3n) is 4.35. The highest BCUT2D eigenvalue weighted by Crippen LogP contribution is 2.15. The van der Waals surface area contributed by atoms with Gasteiger partial charge in [0.2, 0.25) is 10.0 Å². The fraction of sp³-hybridized carbons (Fsp3) is 0.526. The highest BCUT2D eigenvalue weighted by molar-refractivity contribution is 7.89. The molecular weight excluding hydrogens is 398 g/mol. The van der Waals surface area contributed by atoms with Gasteiger partial charge in [-0.2, -0.15) is 4.98 Å². The van der Waals surface area contributed by atoms with Crippen molar-refractivity contribution in [3.8, 4) is 0 Å². The maximum absolute atomic E-state index is 12.3. The van der Waals surface area contributed by atoms with Gasteiger partial charge < -0.3 is 14.0 Å². The van der Waals surface area contributed by atoms with E-state index in [1.54, 1.807) is 0 Å². The Bertz CT molecular complexity index is 918. The molecule has 0 radical (unpaired) electrons. The highest BCUT2D eigenvalue weighted by atomic mass is 32.2. The Labute approximate surface area is 169 Å². The Morgan fingerprint density at radius 2 is 2.07 bits per heavy atom. The average molecular weight is 423 g/mol. The number of nitrogens with one attached hydrogen (secondary N) is 1. The molecule has 9 nitrogen and oxygen atoms in total. The number of hydrogen-bond donors (Lipinski definition) is 1. The topological polar surface area (TPSA) is 121 Å². The summed E-state index contributed by atoms with van der Waals surface area (Å²) in [5.74, 6) is 0.561. The predicted octanol–water partition coefficient (Wildman–Crippen LogP) is 2.08. The minimum Gasteiger partial charge on any atom is -0.452 e. The van der Waals surface area contributed by atoms with Crippen molar-refractivity contribution in [1.82, 2.24) is 14.9 Å². The maximum Gasteiger partial charge on any atom is 0.338 e. The Hall–Kier alpha value is -2.30. The van der Waals surface area contributed by atoms with Gasteiger partial charge in [-0.1, -0.05) is 19.0 Å². The van der Waals surface area contributed by atoms with Gasteiger partial charge in [-0.15, -0.1) is 0 Å². The highest BCUT2D eigenvalue weighted by Gasteiger charge is 2.21. The molecule has 0 bridgehead atoms. The second-order valence-corrected chi connectivity index (χ2v) is 9.06.